The number of nitrogens with zero attached hydrogens (tertiary/aromatic N) is 3. The number of nitrogens with one attached hydrogen (secondary N) is 1. The zero-order valence-corrected chi connectivity index (χ0v) is 12.5. The summed E-state index contributed by atoms with van der Waals surface area (Å²) in [6.07, 6.45) is 1.91. The fraction of sp³-hybridized carbons (Fsp3) is 0.357. The van der Waals surface area contributed by atoms with E-state index in [1.165, 1.54) is 13.2 Å². The molecule has 0 radical (unpaired) electrons. The second-order valence-corrected chi connectivity index (χ2v) is 4.85. The van der Waals surface area contributed by atoms with Crippen molar-refractivity contribution >= 4 is 11.4 Å². The van der Waals surface area contributed by atoms with Gasteiger partial charge in [0.15, 0.2) is 0 Å². The van der Waals surface area contributed by atoms with Crippen LogP contribution < -0.4 is 10.1 Å². The molecule has 0 saturated carbocycles. The maximum Gasteiger partial charge on any atom is 0.296 e. The molecule has 0 aliphatic carbocycles. The molecule has 7 nitrogen and oxygen atoms in total. The molecule has 112 valence electrons. The van der Waals surface area contributed by atoms with E-state index in [9.17, 15) is 10.1 Å². The summed E-state index contributed by atoms with van der Waals surface area (Å²) in [5.74, 6) is 0.456. The Morgan fingerprint density at radius 3 is 2.71 bits per heavy atom. The minimum absolute atomic E-state index is 0.0113. The fourth-order valence-electron chi connectivity index (χ4n) is 2.27. The van der Waals surface area contributed by atoms with Crippen molar-refractivity contribution in [1.82, 2.24) is 9.78 Å². The molecule has 1 aromatic carbocycles. The van der Waals surface area contributed by atoms with Gasteiger partial charge in [-0.1, -0.05) is 0 Å². The van der Waals surface area contributed by atoms with Crippen LogP contribution in [0.1, 0.15) is 24.2 Å². The number of aromatic nitrogens is 2. The van der Waals surface area contributed by atoms with Crippen LogP contribution in [0.2, 0.25) is 0 Å². The van der Waals surface area contributed by atoms with Gasteiger partial charge in [0.1, 0.15) is 11.4 Å². The van der Waals surface area contributed by atoms with Crippen LogP contribution in [0.3, 0.4) is 0 Å². The van der Waals surface area contributed by atoms with Gasteiger partial charge in [0.2, 0.25) is 0 Å². The molecule has 1 atom stereocenters. The molecule has 0 saturated heterocycles. The van der Waals surface area contributed by atoms with E-state index >= 15 is 0 Å². The Balaban J connectivity index is 2.30. The van der Waals surface area contributed by atoms with Gasteiger partial charge < -0.3 is 10.1 Å². The van der Waals surface area contributed by atoms with Gasteiger partial charge in [0, 0.05) is 18.8 Å². The molecule has 21 heavy (non-hydrogen) atoms. The number of nitro benzene ring substituents is 1. The SMILES string of the molecule is COc1ccc(NC(C)c2cn(C)nc2C)c([N+](=O)[O-])c1. The van der Waals surface area contributed by atoms with Gasteiger partial charge in [-0.25, -0.2) is 0 Å². The van der Waals surface area contributed by atoms with Crippen molar-refractivity contribution in [1.29, 1.82) is 0 Å². The maximum absolute atomic E-state index is 11.2. The van der Waals surface area contributed by atoms with Crippen LogP contribution in [-0.4, -0.2) is 21.8 Å². The highest BCUT2D eigenvalue weighted by atomic mass is 16.6. The topological polar surface area (TPSA) is 82.2 Å². The van der Waals surface area contributed by atoms with Crippen LogP contribution in [0.25, 0.3) is 0 Å². The highest BCUT2D eigenvalue weighted by molar-refractivity contribution is 5.64. The summed E-state index contributed by atoms with van der Waals surface area (Å²) >= 11 is 0. The highest BCUT2D eigenvalue weighted by Crippen LogP contribution is 2.32. The first kappa shape index (κ1) is 14.8. The summed E-state index contributed by atoms with van der Waals surface area (Å²) in [7, 11) is 3.33. The lowest BCUT2D eigenvalue weighted by Crippen LogP contribution is -2.09. The Bertz CT molecular complexity index is 666. The predicted octanol–water partition coefficient (Wildman–Crippen LogP) is 2.82. The second-order valence-electron chi connectivity index (χ2n) is 4.85. The Morgan fingerprint density at radius 2 is 2.19 bits per heavy atom. The van der Waals surface area contributed by atoms with E-state index in [-0.39, 0.29) is 11.7 Å². The monoisotopic (exact) mass is 290 g/mol. The molecule has 0 aliphatic rings. The number of anilines is 1. The van der Waals surface area contributed by atoms with Gasteiger partial charge in [-0.05, 0) is 26.0 Å². The number of benzene rings is 1. The lowest BCUT2D eigenvalue weighted by Gasteiger charge is -2.15. The van der Waals surface area contributed by atoms with Gasteiger partial charge in [-0.3, -0.25) is 14.8 Å². The average Bonchev–Trinajstić information content (AvgIpc) is 2.78. The summed E-state index contributed by atoms with van der Waals surface area (Å²) in [6.45, 7) is 3.86. The minimum Gasteiger partial charge on any atom is -0.496 e. The fourth-order valence-corrected chi connectivity index (χ4v) is 2.27. The van der Waals surface area contributed by atoms with Crippen molar-refractivity contribution in [3.8, 4) is 5.75 Å². The normalized spacial score (nSPS) is 12.0. The maximum atomic E-state index is 11.2. The van der Waals surface area contributed by atoms with Crippen LogP contribution in [0.15, 0.2) is 24.4 Å². The predicted molar refractivity (Wildman–Crippen MR) is 79.6 cm³/mol. The third kappa shape index (κ3) is 3.13. The van der Waals surface area contributed by atoms with Crippen LogP contribution in [0.5, 0.6) is 5.75 Å². The number of nitro groups is 1. The van der Waals surface area contributed by atoms with Crippen molar-refractivity contribution in [3.63, 3.8) is 0 Å². The summed E-state index contributed by atoms with van der Waals surface area (Å²) in [5.41, 5.74) is 2.34. The first-order chi connectivity index (χ1) is 9.92. The minimum atomic E-state index is -0.423. The number of aryl methyl sites for hydroxylation is 2. The Hall–Kier alpha value is -2.57. The molecular weight excluding hydrogens is 272 g/mol. The third-order valence-electron chi connectivity index (χ3n) is 3.29. The standard InChI is InChI=1S/C14H18N4O3/c1-9(12-8-17(3)16-10(12)2)15-13-6-5-11(21-4)7-14(13)18(19)20/h5-9,15H,1-4H3. The van der Waals surface area contributed by atoms with Crippen LogP contribution in [0.4, 0.5) is 11.4 Å². The van der Waals surface area contributed by atoms with Crippen molar-refractivity contribution in [2.75, 3.05) is 12.4 Å². The summed E-state index contributed by atoms with van der Waals surface area (Å²) in [4.78, 5) is 10.7. The smallest absolute Gasteiger partial charge is 0.296 e. The summed E-state index contributed by atoms with van der Waals surface area (Å²) < 4.78 is 6.75. The van der Waals surface area contributed by atoms with Crippen LogP contribution in [0, 0.1) is 17.0 Å². The lowest BCUT2D eigenvalue weighted by atomic mass is 10.1. The van der Waals surface area contributed by atoms with Gasteiger partial charge in [0.25, 0.3) is 5.69 Å². The molecule has 7 heteroatoms. The highest BCUT2D eigenvalue weighted by Gasteiger charge is 2.19. The molecule has 0 spiro atoms. The Kier molecular flexibility index (Phi) is 4.11. The second kappa shape index (κ2) is 5.82. The van der Waals surface area contributed by atoms with Crippen LogP contribution >= 0.6 is 0 Å². The summed E-state index contributed by atoms with van der Waals surface area (Å²) in [5, 5.41) is 18.6. The molecule has 2 aromatic rings. The first-order valence-electron chi connectivity index (χ1n) is 6.51. The van der Waals surface area contributed by atoms with Gasteiger partial charge in [-0.15, -0.1) is 0 Å². The quantitative estimate of drug-likeness (QED) is 0.676. The van der Waals surface area contributed by atoms with Gasteiger partial charge in [-0.2, -0.15) is 5.10 Å². The van der Waals surface area contributed by atoms with Crippen molar-refractivity contribution in [2.45, 2.75) is 19.9 Å². The Labute approximate surface area is 122 Å². The molecule has 1 aromatic heterocycles. The molecule has 0 bridgehead atoms. The van der Waals surface area contributed by atoms with E-state index in [0.29, 0.717) is 11.4 Å². The third-order valence-corrected chi connectivity index (χ3v) is 3.29. The van der Waals surface area contributed by atoms with E-state index in [1.807, 2.05) is 27.1 Å². The van der Waals surface area contributed by atoms with E-state index in [1.54, 1.807) is 16.8 Å². The zero-order valence-electron chi connectivity index (χ0n) is 12.5. The molecule has 1 N–H and O–H groups in total. The average molecular weight is 290 g/mol. The van der Waals surface area contributed by atoms with Gasteiger partial charge in [0.05, 0.1) is 29.8 Å². The van der Waals surface area contributed by atoms with Gasteiger partial charge >= 0.3 is 0 Å². The lowest BCUT2D eigenvalue weighted by molar-refractivity contribution is -0.384. The summed E-state index contributed by atoms with van der Waals surface area (Å²) in [6, 6.07) is 4.66. The number of hydrogen-bond acceptors (Lipinski definition) is 5. The first-order valence-corrected chi connectivity index (χ1v) is 6.51. The van der Waals surface area contributed by atoms with E-state index in [2.05, 4.69) is 10.4 Å². The van der Waals surface area contributed by atoms with Crippen molar-refractivity contribution in [2.24, 2.45) is 7.05 Å². The molecule has 0 amide bonds. The number of rotatable bonds is 5. The van der Waals surface area contributed by atoms with Crippen molar-refractivity contribution in [3.05, 3.63) is 45.8 Å². The largest absolute Gasteiger partial charge is 0.496 e. The van der Waals surface area contributed by atoms with Crippen molar-refractivity contribution < 1.29 is 9.66 Å². The van der Waals surface area contributed by atoms with E-state index in [4.69, 9.17) is 4.74 Å². The molecule has 0 fully saturated rings. The number of methoxy groups -OCH3 is 1. The zero-order chi connectivity index (χ0) is 15.6. The molecule has 0 aliphatic heterocycles. The Morgan fingerprint density at radius 1 is 1.48 bits per heavy atom. The molecule has 2 rings (SSSR count). The van der Waals surface area contributed by atoms with Crippen LogP contribution in [-0.2, 0) is 7.05 Å². The molecule has 1 unspecified atom stereocenters. The van der Waals surface area contributed by atoms with E-state index < -0.39 is 4.92 Å². The molecular formula is C14H18N4O3. The number of ether oxygens (including phenoxy) is 1. The number of hydrogen-bond donors (Lipinski definition) is 1. The van der Waals surface area contributed by atoms with E-state index in [0.717, 1.165) is 11.3 Å². The molecule has 1 heterocycles.